The van der Waals surface area contributed by atoms with Crippen molar-refractivity contribution in [3.63, 3.8) is 0 Å². The molecule has 0 aromatic carbocycles. The van der Waals surface area contributed by atoms with Gasteiger partial charge in [0, 0.05) is 12.1 Å². The fourth-order valence-corrected chi connectivity index (χ4v) is 3.50. The van der Waals surface area contributed by atoms with Gasteiger partial charge >= 0.3 is 0 Å². The van der Waals surface area contributed by atoms with Gasteiger partial charge < -0.3 is 5.73 Å². The Labute approximate surface area is 121 Å². The standard InChI is InChI=1S/C17H36N2/c1-4-6-13-19(14-7-5-2)17(15-18)11-8-9-16(3)10-12-17/h16H,4-15,18H2,1-3H3. The van der Waals surface area contributed by atoms with E-state index in [1.165, 1.54) is 70.9 Å². The van der Waals surface area contributed by atoms with Crippen LogP contribution < -0.4 is 5.73 Å². The smallest absolute Gasteiger partial charge is 0.0331 e. The lowest BCUT2D eigenvalue weighted by Gasteiger charge is -2.43. The first kappa shape index (κ1) is 17.0. The summed E-state index contributed by atoms with van der Waals surface area (Å²) in [5.74, 6) is 0.896. The molecule has 0 bridgehead atoms. The predicted molar refractivity (Wildman–Crippen MR) is 85.4 cm³/mol. The van der Waals surface area contributed by atoms with Crippen LogP contribution in [0.5, 0.6) is 0 Å². The highest BCUT2D eigenvalue weighted by Gasteiger charge is 2.36. The monoisotopic (exact) mass is 268 g/mol. The number of hydrogen-bond donors (Lipinski definition) is 1. The summed E-state index contributed by atoms with van der Waals surface area (Å²) in [6.07, 6.45) is 12.0. The molecule has 0 radical (unpaired) electrons. The van der Waals surface area contributed by atoms with Crippen LogP contribution >= 0.6 is 0 Å². The van der Waals surface area contributed by atoms with Crippen molar-refractivity contribution in [2.75, 3.05) is 19.6 Å². The van der Waals surface area contributed by atoms with E-state index in [1.54, 1.807) is 0 Å². The fraction of sp³-hybridized carbons (Fsp3) is 1.00. The first-order valence-corrected chi connectivity index (χ1v) is 8.63. The molecule has 2 heteroatoms. The van der Waals surface area contributed by atoms with E-state index in [4.69, 9.17) is 5.73 Å². The SMILES string of the molecule is CCCCN(CCCC)C1(CN)CCCC(C)CC1. The van der Waals surface area contributed by atoms with Crippen LogP contribution in [0, 0.1) is 5.92 Å². The Morgan fingerprint density at radius 1 is 1.05 bits per heavy atom. The first-order chi connectivity index (χ1) is 9.18. The minimum atomic E-state index is 0.315. The number of nitrogens with two attached hydrogens (primary N) is 1. The quantitative estimate of drug-likeness (QED) is 0.669. The summed E-state index contributed by atoms with van der Waals surface area (Å²) in [4.78, 5) is 2.76. The predicted octanol–water partition coefficient (Wildman–Crippen LogP) is 4.19. The van der Waals surface area contributed by atoms with Crippen molar-refractivity contribution in [3.05, 3.63) is 0 Å². The lowest BCUT2D eigenvalue weighted by molar-refractivity contribution is 0.0736. The van der Waals surface area contributed by atoms with Crippen molar-refractivity contribution >= 4 is 0 Å². The summed E-state index contributed by atoms with van der Waals surface area (Å²) < 4.78 is 0. The van der Waals surface area contributed by atoms with E-state index in [1.807, 2.05) is 0 Å². The van der Waals surface area contributed by atoms with Crippen LogP contribution in [0.1, 0.15) is 78.6 Å². The third kappa shape index (κ3) is 5.07. The minimum absolute atomic E-state index is 0.315. The van der Waals surface area contributed by atoms with Crippen LogP contribution in [0.25, 0.3) is 0 Å². The third-order valence-corrected chi connectivity index (χ3v) is 5.06. The molecule has 2 atom stereocenters. The molecule has 0 spiro atoms. The molecule has 114 valence electrons. The van der Waals surface area contributed by atoms with E-state index in [9.17, 15) is 0 Å². The maximum atomic E-state index is 6.26. The summed E-state index contributed by atoms with van der Waals surface area (Å²) in [5.41, 5.74) is 6.57. The summed E-state index contributed by atoms with van der Waals surface area (Å²) in [6.45, 7) is 10.4. The normalized spacial score (nSPS) is 28.6. The first-order valence-electron chi connectivity index (χ1n) is 8.63. The molecule has 0 aromatic rings. The van der Waals surface area contributed by atoms with Crippen LogP contribution in [0.15, 0.2) is 0 Å². The maximum absolute atomic E-state index is 6.26. The second-order valence-electron chi connectivity index (χ2n) is 6.66. The van der Waals surface area contributed by atoms with Gasteiger partial charge in [-0.1, -0.05) is 46.5 Å². The highest BCUT2D eigenvalue weighted by Crippen LogP contribution is 2.34. The number of unbranched alkanes of at least 4 members (excludes halogenated alkanes) is 2. The van der Waals surface area contributed by atoms with E-state index in [0.717, 1.165) is 12.5 Å². The van der Waals surface area contributed by atoms with Gasteiger partial charge in [0.25, 0.3) is 0 Å². The second-order valence-corrected chi connectivity index (χ2v) is 6.66. The molecule has 0 saturated heterocycles. The van der Waals surface area contributed by atoms with Gasteiger partial charge in [-0.05, 0) is 51.1 Å². The van der Waals surface area contributed by atoms with E-state index >= 15 is 0 Å². The molecular weight excluding hydrogens is 232 g/mol. The van der Waals surface area contributed by atoms with E-state index in [-0.39, 0.29) is 0 Å². The van der Waals surface area contributed by atoms with Gasteiger partial charge in [0.05, 0.1) is 0 Å². The van der Waals surface area contributed by atoms with Crippen molar-refractivity contribution in [3.8, 4) is 0 Å². The van der Waals surface area contributed by atoms with E-state index in [2.05, 4.69) is 25.7 Å². The third-order valence-electron chi connectivity index (χ3n) is 5.06. The zero-order chi connectivity index (χ0) is 14.1. The Hall–Kier alpha value is -0.0800. The Morgan fingerprint density at radius 3 is 2.21 bits per heavy atom. The van der Waals surface area contributed by atoms with Crippen molar-refractivity contribution in [2.45, 2.75) is 84.1 Å². The average Bonchev–Trinajstić information content (AvgIpc) is 2.62. The zero-order valence-electron chi connectivity index (χ0n) is 13.6. The molecule has 0 heterocycles. The summed E-state index contributed by atoms with van der Waals surface area (Å²) in [7, 11) is 0. The van der Waals surface area contributed by atoms with Gasteiger partial charge in [-0.25, -0.2) is 0 Å². The Kier molecular flexibility index (Phi) is 8.01. The molecule has 19 heavy (non-hydrogen) atoms. The van der Waals surface area contributed by atoms with Gasteiger partial charge in [-0.2, -0.15) is 0 Å². The van der Waals surface area contributed by atoms with Crippen LogP contribution in [0.4, 0.5) is 0 Å². The Morgan fingerprint density at radius 2 is 1.68 bits per heavy atom. The molecule has 0 aromatic heterocycles. The molecule has 1 aliphatic carbocycles. The molecule has 1 aliphatic rings. The lowest BCUT2D eigenvalue weighted by Crippen LogP contribution is -2.54. The van der Waals surface area contributed by atoms with Gasteiger partial charge in [-0.15, -0.1) is 0 Å². The minimum Gasteiger partial charge on any atom is -0.329 e. The van der Waals surface area contributed by atoms with Gasteiger partial charge in [-0.3, -0.25) is 4.90 Å². The molecule has 0 amide bonds. The zero-order valence-corrected chi connectivity index (χ0v) is 13.6. The summed E-state index contributed by atoms with van der Waals surface area (Å²) in [5, 5.41) is 0. The summed E-state index contributed by atoms with van der Waals surface area (Å²) >= 11 is 0. The van der Waals surface area contributed by atoms with Crippen LogP contribution in [0.3, 0.4) is 0 Å². The maximum Gasteiger partial charge on any atom is 0.0331 e. The molecule has 2 N–H and O–H groups in total. The largest absolute Gasteiger partial charge is 0.329 e. The summed E-state index contributed by atoms with van der Waals surface area (Å²) in [6, 6.07) is 0. The molecule has 1 saturated carbocycles. The van der Waals surface area contributed by atoms with Gasteiger partial charge in [0.15, 0.2) is 0 Å². The highest BCUT2D eigenvalue weighted by molar-refractivity contribution is 4.94. The molecular formula is C17H36N2. The van der Waals surface area contributed by atoms with Gasteiger partial charge in [0.1, 0.15) is 0 Å². The second kappa shape index (κ2) is 8.97. The number of rotatable bonds is 8. The van der Waals surface area contributed by atoms with Crippen molar-refractivity contribution < 1.29 is 0 Å². The Bertz CT molecular complexity index is 221. The highest BCUT2D eigenvalue weighted by atomic mass is 15.2. The lowest BCUT2D eigenvalue weighted by atomic mass is 9.87. The van der Waals surface area contributed by atoms with Crippen LogP contribution in [0.2, 0.25) is 0 Å². The molecule has 2 nitrogen and oxygen atoms in total. The fourth-order valence-electron chi connectivity index (χ4n) is 3.50. The molecule has 2 unspecified atom stereocenters. The van der Waals surface area contributed by atoms with Gasteiger partial charge in [0.2, 0.25) is 0 Å². The van der Waals surface area contributed by atoms with E-state index < -0.39 is 0 Å². The number of hydrogen-bond acceptors (Lipinski definition) is 2. The molecule has 0 aliphatic heterocycles. The Balaban J connectivity index is 2.72. The topological polar surface area (TPSA) is 29.3 Å². The molecule has 1 rings (SSSR count). The van der Waals surface area contributed by atoms with E-state index in [0.29, 0.717) is 5.54 Å². The average molecular weight is 268 g/mol. The van der Waals surface area contributed by atoms with Crippen molar-refractivity contribution in [1.29, 1.82) is 0 Å². The van der Waals surface area contributed by atoms with Crippen molar-refractivity contribution in [1.82, 2.24) is 4.90 Å². The van der Waals surface area contributed by atoms with Crippen LogP contribution in [-0.4, -0.2) is 30.1 Å². The van der Waals surface area contributed by atoms with Crippen LogP contribution in [-0.2, 0) is 0 Å². The molecule has 1 fully saturated rings. The van der Waals surface area contributed by atoms with Crippen molar-refractivity contribution in [2.24, 2.45) is 11.7 Å². The number of nitrogens with zero attached hydrogens (tertiary/aromatic N) is 1.